The Bertz CT molecular complexity index is 827. The number of nitrogens with two attached hydrogens (primary N) is 1. The van der Waals surface area contributed by atoms with Crippen molar-refractivity contribution in [3.63, 3.8) is 0 Å². The maximum atomic E-state index is 12.6. The average molecular weight is 413 g/mol. The first-order valence-corrected chi connectivity index (χ1v) is 9.65. The van der Waals surface area contributed by atoms with Gasteiger partial charge in [0.2, 0.25) is 11.8 Å². The Balaban J connectivity index is 1.91. The highest BCUT2D eigenvalue weighted by Crippen LogP contribution is 2.06. The number of hydrogen-bond acceptors (Lipinski definition) is 5. The van der Waals surface area contributed by atoms with Gasteiger partial charge >= 0.3 is 6.09 Å². The van der Waals surface area contributed by atoms with Crippen molar-refractivity contribution in [1.29, 1.82) is 0 Å². The SMILES string of the molecule is C[C@@H](O)[C@H](NC(=O)OCc1ccccc1)C(=O)N[C@@H](CCc1ccccc1)C(N)=O. The monoisotopic (exact) mass is 413 g/mol. The summed E-state index contributed by atoms with van der Waals surface area (Å²) in [4.78, 5) is 36.4. The fraction of sp³-hybridized carbons (Fsp3) is 0.318. The minimum atomic E-state index is -1.30. The van der Waals surface area contributed by atoms with E-state index in [4.69, 9.17) is 10.5 Å². The molecule has 2 aromatic rings. The molecule has 0 unspecified atom stereocenters. The number of amides is 3. The van der Waals surface area contributed by atoms with E-state index in [0.717, 1.165) is 11.1 Å². The second-order valence-corrected chi connectivity index (χ2v) is 6.91. The molecule has 0 aliphatic heterocycles. The molecule has 3 amide bonds. The van der Waals surface area contributed by atoms with Crippen LogP contribution >= 0.6 is 0 Å². The predicted molar refractivity (Wildman–Crippen MR) is 111 cm³/mol. The van der Waals surface area contributed by atoms with E-state index in [-0.39, 0.29) is 13.0 Å². The maximum absolute atomic E-state index is 12.6. The smallest absolute Gasteiger partial charge is 0.408 e. The lowest BCUT2D eigenvalue weighted by molar-refractivity contribution is -0.130. The summed E-state index contributed by atoms with van der Waals surface area (Å²) >= 11 is 0. The molecule has 160 valence electrons. The molecule has 0 aromatic heterocycles. The topological polar surface area (TPSA) is 131 Å². The minimum Gasteiger partial charge on any atom is -0.445 e. The van der Waals surface area contributed by atoms with Gasteiger partial charge in [0.05, 0.1) is 6.10 Å². The highest BCUT2D eigenvalue weighted by Gasteiger charge is 2.29. The van der Waals surface area contributed by atoms with Gasteiger partial charge in [-0.25, -0.2) is 4.79 Å². The first kappa shape index (κ1) is 22.9. The zero-order valence-electron chi connectivity index (χ0n) is 16.8. The number of carbonyl (C=O) groups excluding carboxylic acids is 3. The first-order chi connectivity index (χ1) is 14.4. The molecule has 3 atom stereocenters. The van der Waals surface area contributed by atoms with Gasteiger partial charge in [-0.2, -0.15) is 0 Å². The zero-order chi connectivity index (χ0) is 21.9. The van der Waals surface area contributed by atoms with Gasteiger partial charge in [0, 0.05) is 0 Å². The highest BCUT2D eigenvalue weighted by atomic mass is 16.5. The van der Waals surface area contributed by atoms with Crippen LogP contribution in [0.2, 0.25) is 0 Å². The molecule has 0 aliphatic rings. The van der Waals surface area contributed by atoms with E-state index in [1.807, 2.05) is 48.5 Å². The van der Waals surface area contributed by atoms with Crippen LogP contribution in [0.1, 0.15) is 24.5 Å². The number of aliphatic hydroxyl groups excluding tert-OH is 1. The number of aryl methyl sites for hydroxylation is 1. The fourth-order valence-electron chi connectivity index (χ4n) is 2.80. The minimum absolute atomic E-state index is 0.0157. The van der Waals surface area contributed by atoms with Gasteiger partial charge in [0.25, 0.3) is 0 Å². The number of nitrogens with one attached hydrogen (secondary N) is 2. The van der Waals surface area contributed by atoms with Crippen LogP contribution in [-0.2, 0) is 27.4 Å². The van der Waals surface area contributed by atoms with Crippen molar-refractivity contribution < 1.29 is 24.2 Å². The summed E-state index contributed by atoms with van der Waals surface area (Å²) in [7, 11) is 0. The molecule has 0 fully saturated rings. The van der Waals surface area contributed by atoms with Crippen molar-refractivity contribution in [2.45, 2.75) is 44.6 Å². The molecule has 0 saturated carbocycles. The van der Waals surface area contributed by atoms with Gasteiger partial charge in [0.15, 0.2) is 0 Å². The van der Waals surface area contributed by atoms with E-state index in [0.29, 0.717) is 6.42 Å². The number of ether oxygens (including phenoxy) is 1. The van der Waals surface area contributed by atoms with Crippen LogP contribution in [0.15, 0.2) is 60.7 Å². The third-order valence-electron chi connectivity index (χ3n) is 4.48. The molecular formula is C22H27N3O5. The van der Waals surface area contributed by atoms with Crippen LogP contribution < -0.4 is 16.4 Å². The summed E-state index contributed by atoms with van der Waals surface area (Å²) < 4.78 is 5.08. The maximum Gasteiger partial charge on any atom is 0.408 e. The molecule has 5 N–H and O–H groups in total. The normalized spacial score (nSPS) is 13.5. The Labute approximate surface area is 175 Å². The lowest BCUT2D eigenvalue weighted by Crippen LogP contribution is -2.56. The Kier molecular flexibility index (Phi) is 8.83. The van der Waals surface area contributed by atoms with E-state index >= 15 is 0 Å². The average Bonchev–Trinajstić information content (AvgIpc) is 2.74. The van der Waals surface area contributed by atoms with Gasteiger partial charge in [-0.3, -0.25) is 9.59 Å². The van der Waals surface area contributed by atoms with E-state index in [2.05, 4.69) is 10.6 Å². The molecule has 2 rings (SSSR count). The number of aliphatic hydroxyl groups is 1. The molecule has 8 nitrogen and oxygen atoms in total. The van der Waals surface area contributed by atoms with Crippen molar-refractivity contribution in [2.75, 3.05) is 0 Å². The van der Waals surface area contributed by atoms with Gasteiger partial charge in [-0.15, -0.1) is 0 Å². The molecule has 8 heteroatoms. The molecule has 0 heterocycles. The van der Waals surface area contributed by atoms with Gasteiger partial charge in [-0.1, -0.05) is 60.7 Å². The number of benzene rings is 2. The molecular weight excluding hydrogens is 386 g/mol. The summed E-state index contributed by atoms with van der Waals surface area (Å²) in [6.07, 6.45) is -1.26. The van der Waals surface area contributed by atoms with Gasteiger partial charge in [-0.05, 0) is 30.9 Å². The van der Waals surface area contributed by atoms with Crippen LogP contribution in [0, 0.1) is 0 Å². The summed E-state index contributed by atoms with van der Waals surface area (Å²) in [6.45, 7) is 1.37. The van der Waals surface area contributed by atoms with Crippen LogP contribution in [0.3, 0.4) is 0 Å². The fourth-order valence-corrected chi connectivity index (χ4v) is 2.80. The van der Waals surface area contributed by atoms with Crippen molar-refractivity contribution in [1.82, 2.24) is 10.6 Å². The Hall–Kier alpha value is -3.39. The second-order valence-electron chi connectivity index (χ2n) is 6.91. The summed E-state index contributed by atoms with van der Waals surface area (Å²) in [5.74, 6) is -1.42. The lowest BCUT2D eigenvalue weighted by atomic mass is 10.0. The summed E-state index contributed by atoms with van der Waals surface area (Å²) in [5, 5.41) is 14.8. The van der Waals surface area contributed by atoms with E-state index < -0.39 is 36.1 Å². The Morgan fingerprint density at radius 2 is 1.53 bits per heavy atom. The van der Waals surface area contributed by atoms with E-state index in [1.54, 1.807) is 12.1 Å². The van der Waals surface area contributed by atoms with E-state index in [9.17, 15) is 19.5 Å². The number of primary amides is 1. The zero-order valence-corrected chi connectivity index (χ0v) is 16.8. The number of alkyl carbamates (subject to hydrolysis) is 1. The van der Waals surface area contributed by atoms with Crippen molar-refractivity contribution >= 4 is 17.9 Å². The largest absolute Gasteiger partial charge is 0.445 e. The van der Waals surface area contributed by atoms with Crippen LogP contribution in [0.5, 0.6) is 0 Å². The second kappa shape index (κ2) is 11.6. The number of hydrogen-bond donors (Lipinski definition) is 4. The standard InChI is InChI=1S/C22H27N3O5/c1-15(26)19(25-22(29)30-14-17-10-6-3-7-11-17)21(28)24-18(20(23)27)13-12-16-8-4-2-5-9-16/h2-11,15,18-19,26H,12-14H2,1H3,(H2,23,27)(H,24,28)(H,25,29)/t15-,18+,19+/m1/s1. The quantitative estimate of drug-likeness (QED) is 0.466. The lowest BCUT2D eigenvalue weighted by Gasteiger charge is -2.23. The Morgan fingerprint density at radius 1 is 0.967 bits per heavy atom. The predicted octanol–water partition coefficient (Wildman–Crippen LogP) is 1.27. The van der Waals surface area contributed by atoms with Crippen LogP contribution in [0.25, 0.3) is 0 Å². The molecule has 0 aliphatic carbocycles. The third kappa shape index (κ3) is 7.56. The highest BCUT2D eigenvalue weighted by molar-refractivity contribution is 5.91. The van der Waals surface area contributed by atoms with Crippen LogP contribution in [-0.4, -0.2) is 41.2 Å². The van der Waals surface area contributed by atoms with Gasteiger partial charge < -0.3 is 26.2 Å². The number of rotatable bonds is 10. The molecule has 30 heavy (non-hydrogen) atoms. The molecule has 2 aromatic carbocycles. The summed E-state index contributed by atoms with van der Waals surface area (Å²) in [5.41, 5.74) is 7.18. The van der Waals surface area contributed by atoms with Crippen molar-refractivity contribution in [3.8, 4) is 0 Å². The van der Waals surface area contributed by atoms with E-state index in [1.165, 1.54) is 6.92 Å². The molecule has 0 bridgehead atoms. The first-order valence-electron chi connectivity index (χ1n) is 9.65. The molecule has 0 spiro atoms. The van der Waals surface area contributed by atoms with Crippen molar-refractivity contribution in [3.05, 3.63) is 71.8 Å². The molecule has 0 radical (unpaired) electrons. The third-order valence-corrected chi connectivity index (χ3v) is 4.48. The summed E-state index contributed by atoms with van der Waals surface area (Å²) in [6, 6.07) is 16.2. The molecule has 0 saturated heterocycles. The number of carbonyl (C=O) groups is 3. The van der Waals surface area contributed by atoms with Crippen LogP contribution in [0.4, 0.5) is 4.79 Å². The Morgan fingerprint density at radius 3 is 2.07 bits per heavy atom. The van der Waals surface area contributed by atoms with Crippen molar-refractivity contribution in [2.24, 2.45) is 5.73 Å². The van der Waals surface area contributed by atoms with Gasteiger partial charge in [0.1, 0.15) is 18.7 Å².